The molecule has 3 N–H and O–H groups in total. The molecule has 0 saturated carbocycles. The van der Waals surface area contributed by atoms with Crippen LogP contribution in [-0.2, 0) is 56.8 Å². The monoisotopic (exact) mass is 881 g/mol. The molecule has 6 aromatic rings. The van der Waals surface area contributed by atoms with Crippen LogP contribution >= 0.6 is 0 Å². The van der Waals surface area contributed by atoms with Crippen LogP contribution in [0.5, 0.6) is 11.5 Å². The lowest BCUT2D eigenvalue weighted by atomic mass is 9.96. The number of nitrogens with one attached hydrogen (secondary N) is 2. The van der Waals surface area contributed by atoms with Gasteiger partial charge in [-0.1, -0.05) is 115 Å². The van der Waals surface area contributed by atoms with E-state index in [2.05, 4.69) is 27.1 Å². The standard InChI is InChI=1S/C52H55N3O8S/c1-35-12-22-46(23-13-35)64(58,59)54-47(27-36-8-5-4-6-9-36)51(57)53-31-38-10-7-11-42(26-38)39-18-20-41(21-19-39)52-62-45(30-48(63-52)40-16-14-37(34-56)15-17-40)33-55-25-24-43-28-49(60-2)50(61-3)29-44(43)32-55/h4-23,26,28-29,45,47-48,52,54,56H,24-25,27,30-34H2,1-3H3,(H,53,57)/t45-,47-,48+,52+/m1/s1. The van der Waals surface area contributed by atoms with Crippen molar-refractivity contribution in [1.29, 1.82) is 0 Å². The number of aliphatic hydroxyl groups excluding tert-OH is 1. The van der Waals surface area contributed by atoms with Crippen LogP contribution in [-0.4, -0.2) is 63.8 Å². The second-order valence-electron chi connectivity index (χ2n) is 16.5. The zero-order valence-electron chi connectivity index (χ0n) is 36.4. The average Bonchev–Trinajstić information content (AvgIpc) is 3.33. The first-order valence-corrected chi connectivity index (χ1v) is 23.1. The number of amides is 1. The molecule has 2 aliphatic rings. The highest BCUT2D eigenvalue weighted by Gasteiger charge is 2.34. The van der Waals surface area contributed by atoms with Crippen molar-refractivity contribution in [3.63, 3.8) is 0 Å². The van der Waals surface area contributed by atoms with Gasteiger partial charge in [0, 0.05) is 38.2 Å². The van der Waals surface area contributed by atoms with Crippen LogP contribution in [0.25, 0.3) is 11.1 Å². The number of nitrogens with zero attached hydrogens (tertiary/aromatic N) is 1. The number of fused-ring (bicyclic) bond motifs is 1. The molecule has 1 fully saturated rings. The van der Waals surface area contributed by atoms with E-state index in [-0.39, 0.29) is 36.7 Å². The van der Waals surface area contributed by atoms with E-state index < -0.39 is 28.3 Å². The lowest BCUT2D eigenvalue weighted by Crippen LogP contribution is -2.47. The summed E-state index contributed by atoms with van der Waals surface area (Å²) in [4.78, 5) is 16.2. The van der Waals surface area contributed by atoms with Crippen molar-refractivity contribution in [2.24, 2.45) is 0 Å². The number of carbonyl (C=O) groups is 1. The Labute approximate surface area is 376 Å². The molecule has 1 saturated heterocycles. The molecule has 0 spiro atoms. The fraction of sp³-hybridized carbons (Fsp3) is 0.288. The molecular weight excluding hydrogens is 827 g/mol. The number of aryl methyl sites for hydroxylation is 1. The molecule has 11 nitrogen and oxygen atoms in total. The third-order valence-corrected chi connectivity index (χ3v) is 13.5. The summed E-state index contributed by atoms with van der Waals surface area (Å²) in [6.07, 6.45) is 0.833. The minimum absolute atomic E-state index is 0.0226. The van der Waals surface area contributed by atoms with Gasteiger partial charge in [-0.2, -0.15) is 4.72 Å². The zero-order chi connectivity index (χ0) is 44.6. The Morgan fingerprint density at radius 2 is 1.45 bits per heavy atom. The molecule has 2 heterocycles. The van der Waals surface area contributed by atoms with Crippen LogP contribution in [0, 0.1) is 6.92 Å². The molecule has 0 bridgehead atoms. The maximum Gasteiger partial charge on any atom is 0.241 e. The Hall–Kier alpha value is -5.86. The summed E-state index contributed by atoms with van der Waals surface area (Å²) in [7, 11) is -0.644. The number of aliphatic hydroxyl groups is 1. The molecule has 64 heavy (non-hydrogen) atoms. The van der Waals surface area contributed by atoms with Gasteiger partial charge in [0.15, 0.2) is 17.8 Å². The van der Waals surface area contributed by atoms with Crippen LogP contribution in [0.15, 0.2) is 144 Å². The van der Waals surface area contributed by atoms with Gasteiger partial charge in [-0.25, -0.2) is 8.42 Å². The van der Waals surface area contributed by atoms with E-state index in [0.29, 0.717) is 6.42 Å². The van der Waals surface area contributed by atoms with Crippen molar-refractivity contribution in [3.05, 3.63) is 184 Å². The van der Waals surface area contributed by atoms with Crippen molar-refractivity contribution in [1.82, 2.24) is 14.9 Å². The fourth-order valence-electron chi connectivity index (χ4n) is 8.43. The first-order valence-electron chi connectivity index (χ1n) is 21.6. The number of hydrogen-bond acceptors (Lipinski definition) is 9. The number of sulfonamides is 1. The minimum Gasteiger partial charge on any atom is -0.493 e. The summed E-state index contributed by atoms with van der Waals surface area (Å²) < 4.78 is 54.0. The Kier molecular flexibility index (Phi) is 14.2. The predicted octanol–water partition coefficient (Wildman–Crippen LogP) is 7.98. The van der Waals surface area contributed by atoms with Gasteiger partial charge in [-0.15, -0.1) is 0 Å². The maximum atomic E-state index is 13.7. The molecule has 6 aromatic carbocycles. The van der Waals surface area contributed by atoms with E-state index in [0.717, 1.165) is 82.1 Å². The third-order valence-electron chi connectivity index (χ3n) is 12.0. The van der Waals surface area contributed by atoms with Crippen molar-refractivity contribution >= 4 is 15.9 Å². The normalized spacial score (nSPS) is 18.2. The van der Waals surface area contributed by atoms with Gasteiger partial charge < -0.3 is 29.4 Å². The summed E-state index contributed by atoms with van der Waals surface area (Å²) in [6, 6.07) is 43.1. The number of benzene rings is 6. The molecule has 1 amide bonds. The molecule has 332 valence electrons. The van der Waals surface area contributed by atoms with Gasteiger partial charge in [0.05, 0.1) is 37.9 Å². The molecule has 12 heteroatoms. The van der Waals surface area contributed by atoms with Crippen LogP contribution < -0.4 is 19.5 Å². The van der Waals surface area contributed by atoms with Crippen LogP contribution in [0.2, 0.25) is 0 Å². The van der Waals surface area contributed by atoms with Gasteiger partial charge in [0.25, 0.3) is 0 Å². The number of methoxy groups -OCH3 is 2. The Morgan fingerprint density at radius 1 is 0.766 bits per heavy atom. The highest BCUT2D eigenvalue weighted by Crippen LogP contribution is 2.40. The summed E-state index contributed by atoms with van der Waals surface area (Å²) in [5, 5.41) is 12.7. The highest BCUT2D eigenvalue weighted by atomic mass is 32.2. The zero-order valence-corrected chi connectivity index (χ0v) is 37.2. The second-order valence-corrected chi connectivity index (χ2v) is 18.2. The van der Waals surface area contributed by atoms with E-state index in [1.807, 2.05) is 110 Å². The molecule has 2 aliphatic heterocycles. The molecule has 0 aliphatic carbocycles. The molecule has 0 aromatic heterocycles. The van der Waals surface area contributed by atoms with Crippen LogP contribution in [0.3, 0.4) is 0 Å². The second kappa shape index (κ2) is 20.3. The first-order chi connectivity index (χ1) is 31.1. The molecule has 4 atom stereocenters. The van der Waals surface area contributed by atoms with E-state index in [1.54, 1.807) is 38.5 Å². The average molecular weight is 882 g/mol. The van der Waals surface area contributed by atoms with E-state index >= 15 is 0 Å². The fourth-order valence-corrected chi connectivity index (χ4v) is 9.63. The number of rotatable bonds is 16. The molecule has 0 radical (unpaired) electrons. The SMILES string of the molecule is COc1cc2c(cc1OC)CN(C[C@H]1C[C@@H](c3ccc(CO)cc3)O[C@@H](c3ccc(-c4cccc(CNC(=O)[C@@H](Cc5ccccc5)NS(=O)(=O)c5ccc(C)cc5)c4)cc3)O1)CC2. The summed E-state index contributed by atoms with van der Waals surface area (Å²) >= 11 is 0. The van der Waals surface area contributed by atoms with Gasteiger partial charge >= 0.3 is 0 Å². The third kappa shape index (κ3) is 10.9. The number of ether oxygens (including phenoxy) is 4. The lowest BCUT2D eigenvalue weighted by Gasteiger charge is -2.39. The van der Waals surface area contributed by atoms with Crippen molar-refractivity contribution in [2.45, 2.75) is 75.3 Å². The topological polar surface area (TPSA) is 136 Å². The van der Waals surface area contributed by atoms with Gasteiger partial charge in [0.2, 0.25) is 15.9 Å². The Morgan fingerprint density at radius 3 is 2.16 bits per heavy atom. The maximum absolute atomic E-state index is 13.7. The van der Waals surface area contributed by atoms with Crippen molar-refractivity contribution < 1.29 is 37.3 Å². The van der Waals surface area contributed by atoms with E-state index in [1.165, 1.54) is 11.1 Å². The van der Waals surface area contributed by atoms with E-state index in [9.17, 15) is 18.3 Å². The van der Waals surface area contributed by atoms with Crippen molar-refractivity contribution in [2.75, 3.05) is 27.3 Å². The predicted molar refractivity (Wildman–Crippen MR) is 246 cm³/mol. The molecule has 0 unspecified atom stereocenters. The van der Waals surface area contributed by atoms with Gasteiger partial charge in [-0.3, -0.25) is 9.69 Å². The van der Waals surface area contributed by atoms with Crippen LogP contribution in [0.1, 0.15) is 63.3 Å². The summed E-state index contributed by atoms with van der Waals surface area (Å²) in [5.74, 6) is 1.05. The molecule has 8 rings (SSSR count). The van der Waals surface area contributed by atoms with E-state index in [4.69, 9.17) is 18.9 Å². The minimum atomic E-state index is -3.97. The smallest absolute Gasteiger partial charge is 0.241 e. The van der Waals surface area contributed by atoms with Crippen LogP contribution in [0.4, 0.5) is 0 Å². The first kappa shape index (κ1) is 44.7. The molecular formula is C52H55N3O8S. The van der Waals surface area contributed by atoms with Crippen molar-refractivity contribution in [3.8, 4) is 22.6 Å². The highest BCUT2D eigenvalue weighted by molar-refractivity contribution is 7.89. The number of carbonyl (C=O) groups excluding carboxylic acids is 1. The Balaban J connectivity index is 0.954. The van der Waals surface area contributed by atoms with Gasteiger partial charge in [-0.05, 0) is 94.6 Å². The largest absolute Gasteiger partial charge is 0.493 e. The lowest BCUT2D eigenvalue weighted by molar-refractivity contribution is -0.253. The summed E-state index contributed by atoms with van der Waals surface area (Å²) in [5.41, 5.74) is 9.84. The quantitative estimate of drug-likeness (QED) is 0.0885. The summed E-state index contributed by atoms with van der Waals surface area (Å²) in [6.45, 7) is 4.47. The van der Waals surface area contributed by atoms with Gasteiger partial charge in [0.1, 0.15) is 6.04 Å². The Bertz CT molecular complexity index is 2620. The number of hydrogen-bond donors (Lipinski definition) is 3.